The highest BCUT2D eigenvalue weighted by Gasteiger charge is 2.26. The Balaban J connectivity index is 1.29. The highest BCUT2D eigenvalue weighted by molar-refractivity contribution is 5.93. The van der Waals surface area contributed by atoms with Crippen molar-refractivity contribution in [2.24, 2.45) is 0 Å². The van der Waals surface area contributed by atoms with Crippen LogP contribution in [0.2, 0.25) is 0 Å². The molecule has 11 heteroatoms. The van der Waals surface area contributed by atoms with Gasteiger partial charge < -0.3 is 24.4 Å². The molecule has 204 valence electrons. The molecule has 1 fully saturated rings. The molecule has 0 saturated carbocycles. The van der Waals surface area contributed by atoms with E-state index in [1.807, 2.05) is 55.8 Å². The third kappa shape index (κ3) is 5.76. The Morgan fingerprint density at radius 1 is 1.05 bits per heavy atom. The molecule has 0 bridgehead atoms. The van der Waals surface area contributed by atoms with Crippen molar-refractivity contribution < 1.29 is 13.9 Å². The maximum atomic E-state index is 14.9. The first-order valence-electron chi connectivity index (χ1n) is 13.0. The molecule has 4 aromatic rings. The van der Waals surface area contributed by atoms with Gasteiger partial charge in [0.05, 0.1) is 18.1 Å². The summed E-state index contributed by atoms with van der Waals surface area (Å²) in [5, 5.41) is 3.91. The van der Waals surface area contributed by atoms with Gasteiger partial charge in [0.15, 0.2) is 5.82 Å². The van der Waals surface area contributed by atoms with E-state index in [4.69, 9.17) is 4.74 Å². The number of halogens is 1. The van der Waals surface area contributed by atoms with Gasteiger partial charge in [-0.25, -0.2) is 29.1 Å². The summed E-state index contributed by atoms with van der Waals surface area (Å²) in [6.45, 7) is 12.2. The number of amides is 1. The fourth-order valence-corrected chi connectivity index (χ4v) is 4.52. The molecule has 0 aromatic carbocycles. The second-order valence-corrected chi connectivity index (χ2v) is 10.8. The maximum Gasteiger partial charge on any atom is 0.410 e. The molecule has 0 atom stereocenters. The van der Waals surface area contributed by atoms with E-state index in [1.165, 1.54) is 0 Å². The van der Waals surface area contributed by atoms with Crippen molar-refractivity contribution in [1.82, 2.24) is 29.4 Å². The number of carbonyl (C=O) groups excluding carboxylic acids is 1. The summed E-state index contributed by atoms with van der Waals surface area (Å²) in [4.78, 5) is 33.8. The monoisotopic (exact) mass is 532 g/mol. The van der Waals surface area contributed by atoms with E-state index >= 15 is 0 Å². The van der Waals surface area contributed by atoms with Crippen LogP contribution in [0.5, 0.6) is 0 Å². The lowest BCUT2D eigenvalue weighted by Crippen LogP contribution is -2.50. The standard InChI is InChI=1S/C28H33FN8O2/c1-18(2)37-17-21(20-7-6-10-30-25(20)37)24-22(29)16-32-26(34-24)33-23-9-8-19(15-31-23)35-11-13-36(14-12-35)27(38)39-28(3,4)5/h6-10,15-18H,11-14H2,1-5H3,(H,31,32,33,34). The van der Waals surface area contributed by atoms with E-state index in [9.17, 15) is 9.18 Å². The van der Waals surface area contributed by atoms with Crippen LogP contribution >= 0.6 is 0 Å². The van der Waals surface area contributed by atoms with Crippen molar-refractivity contribution in [3.05, 3.63) is 54.9 Å². The Morgan fingerprint density at radius 2 is 1.82 bits per heavy atom. The molecule has 1 N–H and O–H groups in total. The second kappa shape index (κ2) is 10.5. The zero-order chi connectivity index (χ0) is 27.7. The smallest absolute Gasteiger partial charge is 0.410 e. The summed E-state index contributed by atoms with van der Waals surface area (Å²) >= 11 is 0. The Bertz CT molecular complexity index is 1470. The number of anilines is 3. The summed E-state index contributed by atoms with van der Waals surface area (Å²) in [7, 11) is 0. The molecule has 0 spiro atoms. The van der Waals surface area contributed by atoms with E-state index in [-0.39, 0.29) is 23.8 Å². The van der Waals surface area contributed by atoms with Crippen LogP contribution in [0.4, 0.5) is 26.6 Å². The number of fused-ring (bicyclic) bond motifs is 1. The van der Waals surface area contributed by atoms with Crippen LogP contribution in [0.15, 0.2) is 49.1 Å². The molecule has 5 heterocycles. The molecular formula is C28H33FN8O2. The molecule has 39 heavy (non-hydrogen) atoms. The van der Waals surface area contributed by atoms with Crippen LogP contribution in [0.25, 0.3) is 22.3 Å². The van der Waals surface area contributed by atoms with E-state index < -0.39 is 11.4 Å². The SMILES string of the molecule is CC(C)n1cc(-c2nc(Nc3ccc(N4CCN(C(=O)OC(C)(C)C)CC4)cn3)ncc2F)c2cccnc21. The predicted molar refractivity (Wildman–Crippen MR) is 149 cm³/mol. The summed E-state index contributed by atoms with van der Waals surface area (Å²) < 4.78 is 22.4. The molecule has 5 rings (SSSR count). The van der Waals surface area contributed by atoms with Gasteiger partial charge in [0.1, 0.15) is 22.8 Å². The summed E-state index contributed by atoms with van der Waals surface area (Å²) in [6.07, 6.45) is 6.25. The van der Waals surface area contributed by atoms with Gasteiger partial charge in [-0.15, -0.1) is 0 Å². The van der Waals surface area contributed by atoms with Crippen LogP contribution in [0.3, 0.4) is 0 Å². The Morgan fingerprint density at radius 3 is 2.49 bits per heavy atom. The largest absolute Gasteiger partial charge is 0.444 e. The molecule has 10 nitrogen and oxygen atoms in total. The van der Waals surface area contributed by atoms with E-state index in [1.54, 1.807) is 17.3 Å². The van der Waals surface area contributed by atoms with Crippen LogP contribution in [-0.2, 0) is 4.74 Å². The molecular weight excluding hydrogens is 499 g/mol. The van der Waals surface area contributed by atoms with Crippen molar-refractivity contribution in [3.63, 3.8) is 0 Å². The number of pyridine rings is 2. The van der Waals surface area contributed by atoms with Gasteiger partial charge in [-0.2, -0.15) is 0 Å². The second-order valence-electron chi connectivity index (χ2n) is 10.8. The van der Waals surface area contributed by atoms with Gasteiger partial charge in [0.25, 0.3) is 0 Å². The van der Waals surface area contributed by atoms with E-state index in [2.05, 4.69) is 44.0 Å². The van der Waals surface area contributed by atoms with Crippen LogP contribution in [-0.4, -0.2) is 67.3 Å². The molecule has 1 aliphatic rings. The summed E-state index contributed by atoms with van der Waals surface area (Å²) in [6, 6.07) is 7.68. The first-order valence-corrected chi connectivity index (χ1v) is 13.0. The molecule has 1 aliphatic heterocycles. The number of nitrogens with zero attached hydrogens (tertiary/aromatic N) is 7. The average Bonchev–Trinajstić information content (AvgIpc) is 3.29. The minimum absolute atomic E-state index is 0.154. The first-order chi connectivity index (χ1) is 18.6. The fourth-order valence-electron chi connectivity index (χ4n) is 4.52. The zero-order valence-electron chi connectivity index (χ0n) is 22.8. The lowest BCUT2D eigenvalue weighted by molar-refractivity contribution is 0.0240. The topological polar surface area (TPSA) is 101 Å². The minimum atomic E-state index is -0.514. The van der Waals surface area contributed by atoms with Crippen molar-refractivity contribution in [1.29, 1.82) is 0 Å². The Hall–Kier alpha value is -4.28. The van der Waals surface area contributed by atoms with Crippen LogP contribution < -0.4 is 10.2 Å². The number of hydrogen-bond donors (Lipinski definition) is 1. The minimum Gasteiger partial charge on any atom is -0.444 e. The fraction of sp³-hybridized carbons (Fsp3) is 0.393. The Kier molecular flexibility index (Phi) is 7.07. The van der Waals surface area contributed by atoms with Crippen molar-refractivity contribution in [3.8, 4) is 11.3 Å². The van der Waals surface area contributed by atoms with E-state index in [0.717, 1.165) is 22.9 Å². The number of nitrogens with one attached hydrogen (secondary N) is 1. The molecule has 0 unspecified atom stereocenters. The summed E-state index contributed by atoms with van der Waals surface area (Å²) in [5.41, 5.74) is 2.06. The predicted octanol–water partition coefficient (Wildman–Crippen LogP) is 5.41. The zero-order valence-corrected chi connectivity index (χ0v) is 22.8. The van der Waals surface area contributed by atoms with Gasteiger partial charge in [-0.1, -0.05) is 0 Å². The highest BCUT2D eigenvalue weighted by Crippen LogP contribution is 2.32. The van der Waals surface area contributed by atoms with Gasteiger partial charge in [-0.05, 0) is 58.9 Å². The molecule has 0 aliphatic carbocycles. The van der Waals surface area contributed by atoms with Crippen molar-refractivity contribution in [2.45, 2.75) is 46.3 Å². The average molecular weight is 533 g/mol. The molecule has 4 aromatic heterocycles. The lowest BCUT2D eigenvalue weighted by Gasteiger charge is -2.36. The third-order valence-electron chi connectivity index (χ3n) is 6.43. The highest BCUT2D eigenvalue weighted by atomic mass is 19.1. The molecule has 1 amide bonds. The number of aromatic nitrogens is 5. The number of rotatable bonds is 5. The van der Waals surface area contributed by atoms with Gasteiger partial charge in [0, 0.05) is 55.6 Å². The van der Waals surface area contributed by atoms with Gasteiger partial charge in [0.2, 0.25) is 5.95 Å². The van der Waals surface area contributed by atoms with Gasteiger partial charge >= 0.3 is 6.09 Å². The summed E-state index contributed by atoms with van der Waals surface area (Å²) in [5.74, 6) is 0.267. The van der Waals surface area contributed by atoms with Crippen LogP contribution in [0.1, 0.15) is 40.7 Å². The van der Waals surface area contributed by atoms with Crippen LogP contribution in [0, 0.1) is 5.82 Å². The lowest BCUT2D eigenvalue weighted by atomic mass is 10.1. The first kappa shape index (κ1) is 26.3. The number of hydrogen-bond acceptors (Lipinski definition) is 8. The quantitative estimate of drug-likeness (QED) is 0.364. The van der Waals surface area contributed by atoms with Gasteiger partial charge in [-0.3, -0.25) is 0 Å². The third-order valence-corrected chi connectivity index (χ3v) is 6.43. The van der Waals surface area contributed by atoms with Crippen molar-refractivity contribution in [2.75, 3.05) is 36.4 Å². The number of carbonyl (C=O) groups is 1. The molecule has 0 radical (unpaired) electrons. The van der Waals surface area contributed by atoms with E-state index in [0.29, 0.717) is 37.6 Å². The Labute approximate surface area is 226 Å². The normalized spacial score (nSPS) is 14.2. The van der Waals surface area contributed by atoms with Crippen molar-refractivity contribution >= 4 is 34.6 Å². The molecule has 1 saturated heterocycles. The number of ether oxygens (including phenoxy) is 1. The number of piperazine rings is 1. The maximum absolute atomic E-state index is 14.9.